The van der Waals surface area contributed by atoms with Crippen LogP contribution < -0.4 is 5.32 Å². The lowest BCUT2D eigenvalue weighted by Crippen LogP contribution is -2.28. The minimum Gasteiger partial charge on any atom is -0.344 e. The Labute approximate surface area is 116 Å². The van der Waals surface area contributed by atoms with E-state index in [1.165, 1.54) is 0 Å². The summed E-state index contributed by atoms with van der Waals surface area (Å²) < 4.78 is 1.70. The Kier molecular flexibility index (Phi) is 3.90. The van der Waals surface area contributed by atoms with E-state index in [4.69, 9.17) is 11.6 Å². The summed E-state index contributed by atoms with van der Waals surface area (Å²) in [6.45, 7) is 3.76. The van der Waals surface area contributed by atoms with E-state index in [1.807, 2.05) is 20.2 Å². The molecule has 0 unspecified atom stereocenters. The van der Waals surface area contributed by atoms with Crippen LogP contribution in [0.15, 0.2) is 12.4 Å². The summed E-state index contributed by atoms with van der Waals surface area (Å²) >= 11 is 6.01. The highest BCUT2D eigenvalue weighted by molar-refractivity contribution is 6.34. The summed E-state index contributed by atoms with van der Waals surface area (Å²) in [5, 5.41) is 14.0. The van der Waals surface area contributed by atoms with Gasteiger partial charge in [0.25, 0.3) is 5.91 Å². The van der Waals surface area contributed by atoms with Crippen LogP contribution in [0.2, 0.25) is 5.02 Å². The lowest BCUT2D eigenvalue weighted by atomic mass is 10.1. The van der Waals surface area contributed by atoms with Crippen molar-refractivity contribution in [2.45, 2.75) is 26.3 Å². The molecule has 0 fully saturated rings. The number of halogens is 1. The fraction of sp³-hybridized carbons (Fsp3) is 0.417. The first kappa shape index (κ1) is 13.6. The van der Waals surface area contributed by atoms with Gasteiger partial charge < -0.3 is 5.32 Å². The highest BCUT2D eigenvalue weighted by Crippen LogP contribution is 2.20. The zero-order chi connectivity index (χ0) is 14.0. The van der Waals surface area contributed by atoms with Gasteiger partial charge in [-0.15, -0.1) is 0 Å². The minimum atomic E-state index is -0.287. The molecule has 2 aromatic rings. The Morgan fingerprint density at radius 2 is 2.37 bits per heavy atom. The van der Waals surface area contributed by atoms with Crippen molar-refractivity contribution in [3.05, 3.63) is 34.4 Å². The molecule has 1 amide bonds. The number of nitrogens with one attached hydrogen (secondary N) is 2. The second kappa shape index (κ2) is 5.44. The van der Waals surface area contributed by atoms with Crippen molar-refractivity contribution in [2.24, 2.45) is 7.05 Å². The molecule has 0 saturated heterocycles. The van der Waals surface area contributed by atoms with Crippen molar-refractivity contribution >= 4 is 17.5 Å². The summed E-state index contributed by atoms with van der Waals surface area (Å²) in [7, 11) is 1.84. The average molecular weight is 282 g/mol. The van der Waals surface area contributed by atoms with Crippen LogP contribution in [0.3, 0.4) is 0 Å². The lowest BCUT2D eigenvalue weighted by Gasteiger charge is -2.14. The summed E-state index contributed by atoms with van der Waals surface area (Å²) in [5.41, 5.74) is 1.87. The quantitative estimate of drug-likeness (QED) is 0.900. The molecule has 2 aromatic heterocycles. The second-order valence-corrected chi connectivity index (χ2v) is 4.77. The van der Waals surface area contributed by atoms with Gasteiger partial charge >= 0.3 is 0 Å². The maximum Gasteiger partial charge on any atom is 0.273 e. The fourth-order valence-corrected chi connectivity index (χ4v) is 2.00. The van der Waals surface area contributed by atoms with Gasteiger partial charge in [0.2, 0.25) is 0 Å². The average Bonchev–Trinajstić information content (AvgIpc) is 2.94. The zero-order valence-corrected chi connectivity index (χ0v) is 11.8. The molecule has 0 aromatic carbocycles. The number of hydrogen-bond donors (Lipinski definition) is 2. The number of hydrogen-bond acceptors (Lipinski definition) is 3. The van der Waals surface area contributed by atoms with Gasteiger partial charge in [-0.05, 0) is 13.3 Å². The van der Waals surface area contributed by atoms with Crippen molar-refractivity contribution in [1.82, 2.24) is 25.3 Å². The Bertz CT molecular complexity index is 589. The first-order valence-electron chi connectivity index (χ1n) is 6.02. The molecule has 1 atom stereocenters. The normalized spacial score (nSPS) is 12.4. The Morgan fingerprint density at radius 1 is 1.63 bits per heavy atom. The van der Waals surface area contributed by atoms with Gasteiger partial charge in [0.05, 0.1) is 23.0 Å². The van der Waals surface area contributed by atoms with E-state index in [0.29, 0.717) is 10.7 Å². The fourth-order valence-electron chi connectivity index (χ4n) is 1.83. The maximum absolute atomic E-state index is 12.1. The van der Waals surface area contributed by atoms with E-state index in [-0.39, 0.29) is 17.6 Å². The molecule has 0 aliphatic carbocycles. The van der Waals surface area contributed by atoms with E-state index < -0.39 is 0 Å². The summed E-state index contributed by atoms with van der Waals surface area (Å²) in [4.78, 5) is 12.1. The predicted octanol–water partition coefficient (Wildman–Crippen LogP) is 1.99. The molecule has 2 heterocycles. The van der Waals surface area contributed by atoms with Crippen LogP contribution in [0.1, 0.15) is 41.1 Å². The van der Waals surface area contributed by atoms with E-state index in [9.17, 15) is 4.79 Å². The van der Waals surface area contributed by atoms with Crippen molar-refractivity contribution in [3.8, 4) is 0 Å². The molecule has 7 heteroatoms. The number of nitrogens with zero attached hydrogens (tertiary/aromatic N) is 3. The molecular formula is C12H16ClN5O. The monoisotopic (exact) mass is 281 g/mol. The Morgan fingerprint density at radius 3 is 2.84 bits per heavy atom. The molecule has 0 aliphatic rings. The van der Waals surface area contributed by atoms with Gasteiger partial charge in [-0.3, -0.25) is 14.6 Å². The molecule has 2 N–H and O–H groups in total. The highest BCUT2D eigenvalue weighted by atomic mass is 35.5. The van der Waals surface area contributed by atoms with Crippen LogP contribution >= 0.6 is 11.6 Å². The number of rotatable bonds is 4. The number of aryl methyl sites for hydroxylation is 2. The van der Waals surface area contributed by atoms with Crippen LogP contribution in [0.4, 0.5) is 0 Å². The molecule has 0 spiro atoms. The zero-order valence-electron chi connectivity index (χ0n) is 11.1. The number of H-pyrrole nitrogens is 1. The molecule has 102 valence electrons. The third-order valence-corrected chi connectivity index (χ3v) is 3.39. The second-order valence-electron chi connectivity index (χ2n) is 4.39. The SMILES string of the molecule is CC[C@@H](NC(=O)c1n[nH]c(C)c1Cl)c1cnn(C)c1. The Hall–Kier alpha value is -1.82. The Balaban J connectivity index is 2.15. The summed E-state index contributed by atoms with van der Waals surface area (Å²) in [5.74, 6) is -0.287. The first-order valence-corrected chi connectivity index (χ1v) is 6.40. The third-order valence-electron chi connectivity index (χ3n) is 2.93. The number of amides is 1. The third kappa shape index (κ3) is 2.78. The summed E-state index contributed by atoms with van der Waals surface area (Å²) in [6, 6.07) is -0.103. The van der Waals surface area contributed by atoms with Gasteiger partial charge in [0.15, 0.2) is 5.69 Å². The van der Waals surface area contributed by atoms with Gasteiger partial charge in [-0.1, -0.05) is 18.5 Å². The largest absolute Gasteiger partial charge is 0.344 e. The number of carbonyl (C=O) groups is 1. The molecule has 0 radical (unpaired) electrons. The van der Waals surface area contributed by atoms with Crippen LogP contribution in [-0.4, -0.2) is 25.9 Å². The molecule has 0 saturated carbocycles. The van der Waals surface area contributed by atoms with Crippen molar-refractivity contribution in [2.75, 3.05) is 0 Å². The molecule has 19 heavy (non-hydrogen) atoms. The molecule has 6 nitrogen and oxygen atoms in total. The van der Waals surface area contributed by atoms with E-state index in [1.54, 1.807) is 17.8 Å². The molecule has 0 bridgehead atoms. The van der Waals surface area contributed by atoms with Crippen molar-refractivity contribution < 1.29 is 4.79 Å². The number of carbonyl (C=O) groups excluding carboxylic acids is 1. The highest BCUT2D eigenvalue weighted by Gasteiger charge is 2.20. The molecule has 0 aliphatic heterocycles. The van der Waals surface area contributed by atoms with Crippen LogP contribution in [0, 0.1) is 6.92 Å². The van der Waals surface area contributed by atoms with E-state index >= 15 is 0 Å². The van der Waals surface area contributed by atoms with Crippen LogP contribution in [0.25, 0.3) is 0 Å². The molecule has 2 rings (SSSR count). The topological polar surface area (TPSA) is 75.6 Å². The van der Waals surface area contributed by atoms with Gasteiger partial charge in [0, 0.05) is 18.8 Å². The minimum absolute atomic E-state index is 0.103. The van der Waals surface area contributed by atoms with E-state index in [2.05, 4.69) is 20.6 Å². The number of aromatic nitrogens is 4. The predicted molar refractivity (Wildman–Crippen MR) is 72.0 cm³/mol. The number of aromatic amines is 1. The maximum atomic E-state index is 12.1. The summed E-state index contributed by atoms with van der Waals surface area (Å²) in [6.07, 6.45) is 4.39. The smallest absolute Gasteiger partial charge is 0.273 e. The van der Waals surface area contributed by atoms with Crippen molar-refractivity contribution in [1.29, 1.82) is 0 Å². The lowest BCUT2D eigenvalue weighted by molar-refractivity contribution is 0.0930. The van der Waals surface area contributed by atoms with E-state index in [0.717, 1.165) is 12.0 Å². The standard InChI is InChI=1S/C12H16ClN5O/c1-4-9(8-5-14-18(3)6-8)15-12(19)11-10(13)7(2)16-17-11/h5-6,9H,4H2,1-3H3,(H,15,19)(H,16,17)/t9-/m1/s1. The van der Waals surface area contributed by atoms with Crippen LogP contribution in [0.5, 0.6) is 0 Å². The first-order chi connectivity index (χ1) is 9.02. The molecular weight excluding hydrogens is 266 g/mol. The van der Waals surface area contributed by atoms with Gasteiger partial charge in [0.1, 0.15) is 0 Å². The van der Waals surface area contributed by atoms with Gasteiger partial charge in [-0.25, -0.2) is 0 Å². The van der Waals surface area contributed by atoms with Crippen molar-refractivity contribution in [3.63, 3.8) is 0 Å². The van der Waals surface area contributed by atoms with Gasteiger partial charge in [-0.2, -0.15) is 10.2 Å². The van der Waals surface area contributed by atoms with Crippen LogP contribution in [-0.2, 0) is 7.05 Å².